The number of aryl methyl sites for hydroxylation is 2. The maximum atomic E-state index is 13.1. The lowest BCUT2D eigenvalue weighted by molar-refractivity contribution is -0.119. The summed E-state index contributed by atoms with van der Waals surface area (Å²) >= 11 is 0. The predicted octanol–water partition coefficient (Wildman–Crippen LogP) is 4.68. The summed E-state index contributed by atoms with van der Waals surface area (Å²) in [6.07, 6.45) is 0. The molecule has 3 amide bonds. The van der Waals surface area contributed by atoms with Crippen LogP contribution in [0.3, 0.4) is 0 Å². The Bertz CT molecular complexity index is 1570. The number of carbonyl (C=O) groups excluding carboxylic acids is 4. The second-order valence-electron chi connectivity index (χ2n) is 8.57. The molecule has 0 bridgehead atoms. The summed E-state index contributed by atoms with van der Waals surface area (Å²) < 4.78 is 15.7. The van der Waals surface area contributed by atoms with Gasteiger partial charge in [-0.25, -0.2) is 9.69 Å². The first kappa shape index (κ1) is 24.4. The number of amides is 3. The highest BCUT2D eigenvalue weighted by Gasteiger charge is 2.37. The lowest BCUT2D eigenvalue weighted by Crippen LogP contribution is -2.29. The van der Waals surface area contributed by atoms with Crippen LogP contribution in [-0.2, 0) is 9.53 Å². The van der Waals surface area contributed by atoms with Crippen molar-refractivity contribution in [3.8, 4) is 11.5 Å². The number of hydrogen-bond donors (Lipinski definition) is 1. The van der Waals surface area contributed by atoms with Gasteiger partial charge >= 0.3 is 5.97 Å². The van der Waals surface area contributed by atoms with Crippen molar-refractivity contribution in [3.63, 3.8) is 0 Å². The second kappa shape index (κ2) is 10.0. The lowest BCUT2D eigenvalue weighted by Gasteiger charge is -2.14. The Hall–Kier alpha value is -5.25. The van der Waals surface area contributed by atoms with Crippen molar-refractivity contribution in [1.29, 1.82) is 0 Å². The van der Waals surface area contributed by atoms with E-state index in [1.165, 1.54) is 24.3 Å². The zero-order valence-electron chi connectivity index (χ0n) is 20.4. The van der Waals surface area contributed by atoms with Gasteiger partial charge < -0.3 is 19.3 Å². The van der Waals surface area contributed by atoms with E-state index in [2.05, 4.69) is 10.5 Å². The predicted molar refractivity (Wildman–Crippen MR) is 135 cm³/mol. The average Bonchev–Trinajstić information content (AvgIpc) is 3.42. The highest BCUT2D eigenvalue weighted by molar-refractivity contribution is 6.34. The van der Waals surface area contributed by atoms with E-state index < -0.39 is 30.3 Å². The Morgan fingerprint density at radius 3 is 2.37 bits per heavy atom. The van der Waals surface area contributed by atoms with E-state index in [1.807, 2.05) is 31.2 Å². The smallest absolute Gasteiger partial charge is 0.338 e. The highest BCUT2D eigenvalue weighted by Crippen LogP contribution is 2.31. The molecule has 1 aliphatic rings. The zero-order chi connectivity index (χ0) is 26.8. The number of nitrogens with zero attached hydrogens (tertiary/aromatic N) is 2. The number of aromatic nitrogens is 1. The molecule has 10 nitrogen and oxygen atoms in total. The summed E-state index contributed by atoms with van der Waals surface area (Å²) in [5.41, 5.74) is 1.66. The summed E-state index contributed by atoms with van der Waals surface area (Å²) in [7, 11) is 0. The highest BCUT2D eigenvalue weighted by atomic mass is 16.5. The van der Waals surface area contributed by atoms with Gasteiger partial charge in [0.2, 0.25) is 0 Å². The van der Waals surface area contributed by atoms with Crippen molar-refractivity contribution in [1.82, 2.24) is 5.16 Å². The number of carbonyl (C=O) groups is 4. The number of imide groups is 1. The lowest BCUT2D eigenvalue weighted by atomic mass is 10.1. The largest absolute Gasteiger partial charge is 0.457 e. The Balaban J connectivity index is 1.25. The number of nitrogens with one attached hydrogen (secondary N) is 1. The van der Waals surface area contributed by atoms with Gasteiger partial charge in [0.15, 0.2) is 12.4 Å². The van der Waals surface area contributed by atoms with Crippen molar-refractivity contribution in [3.05, 3.63) is 101 Å². The van der Waals surface area contributed by atoms with Gasteiger partial charge in [-0.15, -0.1) is 0 Å². The van der Waals surface area contributed by atoms with Crippen molar-refractivity contribution in [2.75, 3.05) is 16.8 Å². The molecule has 190 valence electrons. The normalized spacial score (nSPS) is 12.3. The van der Waals surface area contributed by atoms with E-state index in [1.54, 1.807) is 31.2 Å². The van der Waals surface area contributed by atoms with Crippen LogP contribution in [0.15, 0.2) is 77.3 Å². The van der Waals surface area contributed by atoms with Crippen LogP contribution < -0.4 is 15.0 Å². The molecule has 0 unspecified atom stereocenters. The summed E-state index contributed by atoms with van der Waals surface area (Å²) in [4.78, 5) is 51.6. The van der Waals surface area contributed by atoms with E-state index in [4.69, 9.17) is 14.0 Å². The maximum Gasteiger partial charge on any atom is 0.338 e. The first-order valence-electron chi connectivity index (χ1n) is 11.6. The summed E-state index contributed by atoms with van der Waals surface area (Å²) in [6, 6.07) is 19.7. The maximum absolute atomic E-state index is 13.1. The molecule has 3 aromatic carbocycles. The average molecular weight is 511 g/mol. The number of rotatable bonds is 7. The molecule has 0 fully saturated rings. The quantitative estimate of drug-likeness (QED) is 0.280. The first-order valence-corrected chi connectivity index (χ1v) is 11.6. The number of ether oxygens (including phenoxy) is 2. The molecule has 0 atom stereocenters. The van der Waals surface area contributed by atoms with Gasteiger partial charge in [-0.05, 0) is 74.0 Å². The van der Waals surface area contributed by atoms with Gasteiger partial charge in [-0.3, -0.25) is 14.4 Å². The molecule has 0 radical (unpaired) electrons. The summed E-state index contributed by atoms with van der Waals surface area (Å²) in [5, 5.41) is 6.06. The molecular formula is C28H21N3O7. The third kappa shape index (κ3) is 5.00. The van der Waals surface area contributed by atoms with Crippen LogP contribution in [0.1, 0.15) is 42.4 Å². The third-order valence-electron chi connectivity index (χ3n) is 5.67. The number of esters is 1. The standard InChI is InChI=1S/C28H21N3O7/c1-16-4-3-5-21(12-16)37-20-9-7-19(8-10-20)31-26(33)22-11-6-18(14-23(22)27(31)34)28(35)36-15-25(32)29-24-13-17(2)38-30-24/h3-14H,15H2,1-2H3,(H,29,30,32). The number of anilines is 2. The summed E-state index contributed by atoms with van der Waals surface area (Å²) in [6.45, 7) is 3.05. The fourth-order valence-electron chi connectivity index (χ4n) is 3.90. The molecule has 1 aromatic heterocycles. The molecule has 0 spiro atoms. The van der Waals surface area contributed by atoms with Gasteiger partial charge in [0.1, 0.15) is 17.3 Å². The second-order valence-corrected chi connectivity index (χ2v) is 8.57. The van der Waals surface area contributed by atoms with E-state index in [9.17, 15) is 19.2 Å². The molecule has 1 aliphatic heterocycles. The minimum Gasteiger partial charge on any atom is -0.457 e. The Morgan fingerprint density at radius 1 is 0.895 bits per heavy atom. The van der Waals surface area contributed by atoms with E-state index >= 15 is 0 Å². The molecule has 10 heteroatoms. The SMILES string of the molecule is Cc1cccc(Oc2ccc(N3C(=O)c4ccc(C(=O)OCC(=O)Nc5cc(C)on5)cc4C3=O)cc2)c1. The van der Waals surface area contributed by atoms with Crippen LogP contribution >= 0.6 is 0 Å². The fraction of sp³-hybridized carbons (Fsp3) is 0.107. The van der Waals surface area contributed by atoms with Crippen molar-refractivity contribution < 1.29 is 33.2 Å². The number of benzene rings is 3. The molecule has 1 N–H and O–H groups in total. The van der Waals surface area contributed by atoms with E-state index in [-0.39, 0.29) is 22.5 Å². The fourth-order valence-corrected chi connectivity index (χ4v) is 3.90. The molecule has 0 aliphatic carbocycles. The molecule has 0 saturated heterocycles. The van der Waals surface area contributed by atoms with E-state index in [0.29, 0.717) is 22.9 Å². The van der Waals surface area contributed by atoms with Crippen LogP contribution in [0.4, 0.5) is 11.5 Å². The molecule has 0 saturated carbocycles. The van der Waals surface area contributed by atoms with Crippen LogP contribution in [0.2, 0.25) is 0 Å². The Kier molecular flexibility index (Phi) is 6.44. The van der Waals surface area contributed by atoms with Crippen molar-refractivity contribution in [2.24, 2.45) is 0 Å². The van der Waals surface area contributed by atoms with Crippen LogP contribution in [0.5, 0.6) is 11.5 Å². The molecule has 4 aromatic rings. The van der Waals surface area contributed by atoms with Gasteiger partial charge in [0.05, 0.1) is 22.4 Å². The van der Waals surface area contributed by atoms with Crippen LogP contribution in [0.25, 0.3) is 0 Å². The minimum absolute atomic E-state index is 0.0266. The van der Waals surface area contributed by atoms with Gasteiger partial charge in [-0.2, -0.15) is 0 Å². The zero-order valence-corrected chi connectivity index (χ0v) is 20.4. The molecule has 5 rings (SSSR count). The third-order valence-corrected chi connectivity index (χ3v) is 5.67. The number of fused-ring (bicyclic) bond motifs is 1. The van der Waals surface area contributed by atoms with Crippen LogP contribution in [0, 0.1) is 13.8 Å². The van der Waals surface area contributed by atoms with Crippen LogP contribution in [-0.4, -0.2) is 35.5 Å². The topological polar surface area (TPSA) is 128 Å². The molecule has 2 heterocycles. The van der Waals surface area contributed by atoms with Gasteiger partial charge in [-0.1, -0.05) is 17.3 Å². The number of hydrogen-bond acceptors (Lipinski definition) is 8. The monoisotopic (exact) mass is 511 g/mol. The Labute approximate surface area is 216 Å². The summed E-state index contributed by atoms with van der Waals surface area (Å²) in [5.74, 6) is -0.607. The van der Waals surface area contributed by atoms with Gasteiger partial charge in [0, 0.05) is 6.07 Å². The molecular weight excluding hydrogens is 490 g/mol. The minimum atomic E-state index is -0.823. The molecule has 38 heavy (non-hydrogen) atoms. The first-order chi connectivity index (χ1) is 18.3. The van der Waals surface area contributed by atoms with E-state index in [0.717, 1.165) is 10.5 Å². The van der Waals surface area contributed by atoms with Crippen molar-refractivity contribution in [2.45, 2.75) is 13.8 Å². The van der Waals surface area contributed by atoms with Gasteiger partial charge in [0.25, 0.3) is 17.7 Å². The Morgan fingerprint density at radius 2 is 1.66 bits per heavy atom. The van der Waals surface area contributed by atoms with Crippen molar-refractivity contribution >= 4 is 35.2 Å².